The van der Waals surface area contributed by atoms with Gasteiger partial charge >= 0.3 is 5.97 Å². The van der Waals surface area contributed by atoms with Crippen molar-refractivity contribution in [3.63, 3.8) is 0 Å². The van der Waals surface area contributed by atoms with Crippen molar-refractivity contribution >= 4 is 5.97 Å². The average Bonchev–Trinajstić information content (AvgIpc) is 2.34. The summed E-state index contributed by atoms with van der Waals surface area (Å²) in [6.45, 7) is 9.30. The Kier molecular flexibility index (Phi) is 6.72. The van der Waals surface area contributed by atoms with Crippen molar-refractivity contribution < 1.29 is 14.6 Å². The fourth-order valence-electron chi connectivity index (χ4n) is 1.77. The highest BCUT2D eigenvalue weighted by atomic mass is 16.5. The van der Waals surface area contributed by atoms with Crippen molar-refractivity contribution in [3.8, 4) is 0 Å². The molecule has 0 saturated heterocycles. The van der Waals surface area contributed by atoms with Crippen LogP contribution in [0.3, 0.4) is 0 Å². The Balaban J connectivity index is 4.26. The highest BCUT2D eigenvalue weighted by Gasteiger charge is 2.30. The highest BCUT2D eigenvalue weighted by molar-refractivity contribution is 5.76. The Labute approximate surface area is 105 Å². The van der Waals surface area contributed by atoms with Gasteiger partial charge in [-0.1, -0.05) is 13.8 Å². The molecule has 0 aliphatic carbocycles. The number of aliphatic hydroxyl groups excluding tert-OH is 1. The molecule has 0 aliphatic rings. The molecule has 4 nitrogen and oxygen atoms in total. The van der Waals surface area contributed by atoms with Gasteiger partial charge in [0.2, 0.25) is 0 Å². The van der Waals surface area contributed by atoms with Gasteiger partial charge in [0, 0.05) is 25.1 Å². The lowest BCUT2D eigenvalue weighted by Gasteiger charge is -2.31. The topological polar surface area (TPSA) is 58.6 Å². The summed E-state index contributed by atoms with van der Waals surface area (Å²) in [6, 6.07) is 0. The van der Waals surface area contributed by atoms with E-state index in [1.165, 1.54) is 7.11 Å². The summed E-state index contributed by atoms with van der Waals surface area (Å²) in [7, 11) is 1.40. The number of hydrogen-bond donors (Lipinski definition) is 2. The average molecular weight is 245 g/mol. The van der Waals surface area contributed by atoms with Crippen LogP contribution in [0, 0.1) is 10.8 Å². The molecule has 102 valence electrons. The van der Waals surface area contributed by atoms with Gasteiger partial charge in [-0.15, -0.1) is 0 Å². The molecular formula is C13H27NO3. The van der Waals surface area contributed by atoms with Crippen molar-refractivity contribution in [2.24, 2.45) is 10.8 Å². The van der Waals surface area contributed by atoms with Crippen LogP contribution >= 0.6 is 0 Å². The van der Waals surface area contributed by atoms with Gasteiger partial charge in [-0.05, 0) is 26.7 Å². The molecule has 0 saturated carbocycles. The normalized spacial score (nSPS) is 12.6. The number of methoxy groups -OCH3 is 1. The monoisotopic (exact) mass is 245 g/mol. The zero-order valence-corrected chi connectivity index (χ0v) is 11.8. The minimum absolute atomic E-state index is 0.0772. The van der Waals surface area contributed by atoms with Gasteiger partial charge < -0.3 is 15.2 Å². The van der Waals surface area contributed by atoms with E-state index in [-0.39, 0.29) is 18.0 Å². The fraction of sp³-hybridized carbons (Fsp3) is 0.923. The van der Waals surface area contributed by atoms with E-state index in [1.807, 2.05) is 13.8 Å². The maximum atomic E-state index is 11.5. The predicted molar refractivity (Wildman–Crippen MR) is 68.8 cm³/mol. The van der Waals surface area contributed by atoms with Gasteiger partial charge in [-0.2, -0.15) is 0 Å². The number of aliphatic hydroxyl groups is 1. The number of ether oxygens (including phenoxy) is 1. The Hall–Kier alpha value is -0.610. The molecule has 0 heterocycles. The van der Waals surface area contributed by atoms with Crippen molar-refractivity contribution in [3.05, 3.63) is 0 Å². The molecule has 0 aromatic rings. The van der Waals surface area contributed by atoms with Crippen LogP contribution in [0.1, 0.15) is 40.5 Å². The maximum absolute atomic E-state index is 11.5. The Bertz CT molecular complexity index is 227. The van der Waals surface area contributed by atoms with Gasteiger partial charge in [0.15, 0.2) is 0 Å². The molecule has 0 rings (SSSR count). The summed E-state index contributed by atoms with van der Waals surface area (Å²) in [6.07, 6.45) is 1.84. The second-order valence-corrected chi connectivity index (χ2v) is 5.34. The number of rotatable bonds is 8. The molecule has 0 aromatic carbocycles. The maximum Gasteiger partial charge on any atom is 0.312 e. The Morgan fingerprint density at radius 1 is 1.24 bits per heavy atom. The largest absolute Gasteiger partial charge is 0.469 e. The van der Waals surface area contributed by atoms with Gasteiger partial charge in [-0.3, -0.25) is 4.79 Å². The summed E-state index contributed by atoms with van der Waals surface area (Å²) >= 11 is 0. The molecule has 0 unspecified atom stereocenters. The molecule has 4 heteroatoms. The summed E-state index contributed by atoms with van der Waals surface area (Å²) in [5.41, 5.74) is -0.608. The second-order valence-electron chi connectivity index (χ2n) is 5.34. The van der Waals surface area contributed by atoms with Crippen LogP contribution in [0.15, 0.2) is 0 Å². The van der Waals surface area contributed by atoms with Crippen LogP contribution in [0.2, 0.25) is 0 Å². The Morgan fingerprint density at radius 2 is 1.76 bits per heavy atom. The van der Waals surface area contributed by atoms with E-state index in [2.05, 4.69) is 19.2 Å². The molecule has 17 heavy (non-hydrogen) atoms. The summed E-state index contributed by atoms with van der Waals surface area (Å²) in [5, 5.41) is 12.7. The van der Waals surface area contributed by atoms with E-state index in [0.29, 0.717) is 6.54 Å². The molecular weight excluding hydrogens is 218 g/mol. The van der Waals surface area contributed by atoms with Crippen LogP contribution in [0.25, 0.3) is 0 Å². The standard InChI is InChI=1S/C13H27NO3/c1-6-13(7-2,10-15)9-14-8-12(3,4)11(16)17-5/h14-15H,6-10H2,1-5H3. The van der Waals surface area contributed by atoms with Gasteiger partial charge in [0.1, 0.15) is 0 Å². The predicted octanol–water partition coefficient (Wildman–Crippen LogP) is 1.57. The minimum atomic E-state index is -0.530. The zero-order chi connectivity index (χ0) is 13.5. The van der Waals surface area contributed by atoms with E-state index in [1.54, 1.807) is 0 Å². The molecule has 0 aliphatic heterocycles. The molecule has 0 spiro atoms. The number of esters is 1. The molecule has 0 radical (unpaired) electrons. The summed E-state index contributed by atoms with van der Waals surface area (Å²) in [5.74, 6) is -0.215. The molecule has 0 fully saturated rings. The van der Waals surface area contributed by atoms with E-state index in [4.69, 9.17) is 4.74 Å². The van der Waals surface area contributed by atoms with Crippen molar-refractivity contribution in [1.29, 1.82) is 0 Å². The lowest BCUT2D eigenvalue weighted by atomic mass is 9.82. The van der Waals surface area contributed by atoms with Crippen molar-refractivity contribution in [2.75, 3.05) is 26.8 Å². The third-order valence-electron chi connectivity index (χ3n) is 3.64. The van der Waals surface area contributed by atoms with Crippen LogP contribution < -0.4 is 5.32 Å². The van der Waals surface area contributed by atoms with Gasteiger partial charge in [-0.25, -0.2) is 0 Å². The first kappa shape index (κ1) is 16.4. The highest BCUT2D eigenvalue weighted by Crippen LogP contribution is 2.25. The summed E-state index contributed by atoms with van der Waals surface area (Å²) < 4.78 is 4.75. The van der Waals surface area contributed by atoms with E-state index >= 15 is 0 Å². The van der Waals surface area contributed by atoms with Crippen molar-refractivity contribution in [1.82, 2.24) is 5.32 Å². The second kappa shape index (κ2) is 6.97. The first-order valence-corrected chi connectivity index (χ1v) is 6.27. The SMILES string of the molecule is CCC(CC)(CO)CNCC(C)(C)C(=O)OC. The van der Waals surface area contributed by atoms with Crippen LogP contribution in [-0.4, -0.2) is 37.9 Å². The minimum Gasteiger partial charge on any atom is -0.469 e. The summed E-state index contributed by atoms with van der Waals surface area (Å²) in [4.78, 5) is 11.5. The quantitative estimate of drug-likeness (QED) is 0.637. The smallest absolute Gasteiger partial charge is 0.312 e. The molecule has 0 amide bonds. The van der Waals surface area contributed by atoms with Crippen LogP contribution in [-0.2, 0) is 9.53 Å². The number of nitrogens with one attached hydrogen (secondary N) is 1. The zero-order valence-electron chi connectivity index (χ0n) is 11.8. The third-order valence-corrected chi connectivity index (χ3v) is 3.64. The molecule has 0 bridgehead atoms. The first-order chi connectivity index (χ1) is 7.87. The molecule has 0 aromatic heterocycles. The van der Waals surface area contributed by atoms with E-state index < -0.39 is 5.41 Å². The van der Waals surface area contributed by atoms with Crippen LogP contribution in [0.4, 0.5) is 0 Å². The van der Waals surface area contributed by atoms with Crippen molar-refractivity contribution in [2.45, 2.75) is 40.5 Å². The number of carbonyl (C=O) groups excluding carboxylic acids is 1. The van der Waals surface area contributed by atoms with E-state index in [0.717, 1.165) is 19.4 Å². The lowest BCUT2D eigenvalue weighted by Crippen LogP contribution is -2.43. The van der Waals surface area contributed by atoms with Crippen LogP contribution in [0.5, 0.6) is 0 Å². The number of carbonyl (C=O) groups is 1. The van der Waals surface area contributed by atoms with Gasteiger partial charge in [0.25, 0.3) is 0 Å². The molecule has 2 N–H and O–H groups in total. The first-order valence-electron chi connectivity index (χ1n) is 6.27. The fourth-order valence-corrected chi connectivity index (χ4v) is 1.77. The molecule has 0 atom stereocenters. The Morgan fingerprint density at radius 3 is 2.12 bits per heavy atom. The van der Waals surface area contributed by atoms with E-state index in [9.17, 15) is 9.90 Å². The lowest BCUT2D eigenvalue weighted by molar-refractivity contribution is -0.150. The van der Waals surface area contributed by atoms with Gasteiger partial charge in [0.05, 0.1) is 12.5 Å². The third kappa shape index (κ3) is 4.64. The number of hydrogen-bond acceptors (Lipinski definition) is 4.